The van der Waals surface area contributed by atoms with Crippen LogP contribution in [0.2, 0.25) is 0 Å². The first-order valence-corrected chi connectivity index (χ1v) is 5.02. The number of hydrogen-bond donors (Lipinski definition) is 3. The molecule has 0 fully saturated rings. The topological polar surface area (TPSA) is 75.9 Å². The zero-order valence-electron chi connectivity index (χ0n) is 9.24. The number of halogens is 1. The van der Waals surface area contributed by atoms with Crippen LogP contribution in [-0.2, 0) is 0 Å². The van der Waals surface area contributed by atoms with E-state index in [0.717, 1.165) is 5.69 Å². The van der Waals surface area contributed by atoms with Crippen molar-refractivity contribution in [1.29, 1.82) is 0 Å². The number of nitrogen functional groups attached to an aromatic ring is 1. The molecule has 1 aromatic carbocycles. The number of nitrogens with one attached hydrogen (secondary N) is 2. The average molecular weight is 233 g/mol. The van der Waals surface area contributed by atoms with Gasteiger partial charge in [-0.3, -0.25) is 0 Å². The van der Waals surface area contributed by atoms with Gasteiger partial charge in [0.05, 0.1) is 0 Å². The van der Waals surface area contributed by atoms with E-state index in [1.54, 1.807) is 25.1 Å². The molecule has 17 heavy (non-hydrogen) atoms. The summed E-state index contributed by atoms with van der Waals surface area (Å²) < 4.78 is 12.7. The molecule has 2 aromatic rings. The highest BCUT2D eigenvalue weighted by Crippen LogP contribution is 2.17. The van der Waals surface area contributed by atoms with Gasteiger partial charge in [0.1, 0.15) is 23.3 Å². The van der Waals surface area contributed by atoms with Crippen LogP contribution in [0.5, 0.6) is 0 Å². The van der Waals surface area contributed by atoms with E-state index in [2.05, 4.69) is 20.7 Å². The predicted octanol–water partition coefficient (Wildman–Crippen LogP) is 1.95. The molecule has 6 heteroatoms. The molecule has 0 aliphatic heterocycles. The zero-order chi connectivity index (χ0) is 12.3. The van der Waals surface area contributed by atoms with Crippen LogP contribution in [0, 0.1) is 12.7 Å². The molecule has 0 spiro atoms. The summed E-state index contributed by atoms with van der Waals surface area (Å²) in [6.07, 6.45) is 0. The Hall–Kier alpha value is -2.21. The molecule has 0 saturated heterocycles. The fraction of sp³-hybridized carbons (Fsp3) is 0.0909. The molecule has 1 aromatic heterocycles. The van der Waals surface area contributed by atoms with Crippen molar-refractivity contribution in [3.05, 3.63) is 42.0 Å². The lowest BCUT2D eigenvalue weighted by Crippen LogP contribution is -2.10. The average Bonchev–Trinajstić information content (AvgIpc) is 2.31. The van der Waals surface area contributed by atoms with Gasteiger partial charge in [-0.15, -0.1) is 0 Å². The van der Waals surface area contributed by atoms with Crippen LogP contribution < -0.4 is 16.6 Å². The Morgan fingerprint density at radius 3 is 2.41 bits per heavy atom. The largest absolute Gasteiger partial charge is 0.340 e. The van der Waals surface area contributed by atoms with Crippen molar-refractivity contribution in [1.82, 2.24) is 9.97 Å². The SMILES string of the molecule is Cc1nc(NN)cc(Nc2ccc(F)cc2)n1. The quantitative estimate of drug-likeness (QED) is 0.558. The van der Waals surface area contributed by atoms with E-state index in [1.807, 2.05) is 0 Å². The maximum Gasteiger partial charge on any atom is 0.145 e. The van der Waals surface area contributed by atoms with Crippen LogP contribution in [0.15, 0.2) is 30.3 Å². The summed E-state index contributed by atoms with van der Waals surface area (Å²) in [6, 6.07) is 7.66. The third-order valence-corrected chi connectivity index (χ3v) is 2.10. The molecular weight excluding hydrogens is 221 g/mol. The van der Waals surface area contributed by atoms with Gasteiger partial charge >= 0.3 is 0 Å². The number of anilines is 3. The monoisotopic (exact) mass is 233 g/mol. The molecule has 5 nitrogen and oxygen atoms in total. The number of hydrogen-bond acceptors (Lipinski definition) is 5. The van der Waals surface area contributed by atoms with E-state index in [0.29, 0.717) is 17.5 Å². The van der Waals surface area contributed by atoms with Gasteiger partial charge in [-0.05, 0) is 31.2 Å². The third kappa shape index (κ3) is 2.88. The molecule has 0 aliphatic carbocycles. The Kier molecular flexibility index (Phi) is 3.15. The van der Waals surface area contributed by atoms with Crippen molar-refractivity contribution in [2.45, 2.75) is 6.92 Å². The minimum absolute atomic E-state index is 0.279. The van der Waals surface area contributed by atoms with E-state index in [4.69, 9.17) is 5.84 Å². The smallest absolute Gasteiger partial charge is 0.145 e. The Labute approximate surface area is 97.9 Å². The Morgan fingerprint density at radius 1 is 1.12 bits per heavy atom. The minimum Gasteiger partial charge on any atom is -0.340 e. The molecule has 2 rings (SSSR count). The number of nitrogens with zero attached hydrogens (tertiary/aromatic N) is 2. The lowest BCUT2D eigenvalue weighted by atomic mass is 10.3. The number of aromatic nitrogens is 2. The summed E-state index contributed by atoms with van der Waals surface area (Å²) in [6.45, 7) is 1.76. The summed E-state index contributed by atoms with van der Waals surface area (Å²) in [5.74, 6) is 6.70. The summed E-state index contributed by atoms with van der Waals surface area (Å²) in [5.41, 5.74) is 3.19. The highest BCUT2D eigenvalue weighted by atomic mass is 19.1. The Morgan fingerprint density at radius 2 is 1.76 bits per heavy atom. The summed E-state index contributed by atoms with van der Waals surface area (Å²) in [4.78, 5) is 8.25. The summed E-state index contributed by atoms with van der Waals surface area (Å²) in [5, 5.41) is 3.03. The number of hydrazine groups is 1. The van der Waals surface area contributed by atoms with Crippen LogP contribution in [0.25, 0.3) is 0 Å². The molecule has 88 valence electrons. The highest BCUT2D eigenvalue weighted by molar-refractivity contribution is 5.58. The number of nitrogens with two attached hydrogens (primary N) is 1. The first-order valence-electron chi connectivity index (χ1n) is 5.02. The number of aryl methyl sites for hydroxylation is 1. The van der Waals surface area contributed by atoms with E-state index in [1.165, 1.54) is 12.1 Å². The van der Waals surface area contributed by atoms with E-state index < -0.39 is 0 Å². The molecule has 0 bridgehead atoms. The first-order chi connectivity index (χ1) is 8.17. The first kappa shape index (κ1) is 11.3. The molecule has 0 saturated carbocycles. The van der Waals surface area contributed by atoms with Crippen LogP contribution in [0.4, 0.5) is 21.7 Å². The predicted molar refractivity (Wildman–Crippen MR) is 64.3 cm³/mol. The minimum atomic E-state index is -0.279. The van der Waals surface area contributed by atoms with Crippen molar-refractivity contribution >= 4 is 17.3 Å². The van der Waals surface area contributed by atoms with Crippen LogP contribution in [-0.4, -0.2) is 9.97 Å². The standard InChI is InChI=1S/C11H12FN5/c1-7-14-10(6-11(15-7)17-13)16-9-4-2-8(12)3-5-9/h2-6H,13H2,1H3,(H2,14,15,16,17). The van der Waals surface area contributed by atoms with E-state index >= 15 is 0 Å². The van der Waals surface area contributed by atoms with Crippen molar-refractivity contribution < 1.29 is 4.39 Å². The molecule has 0 radical (unpaired) electrons. The van der Waals surface area contributed by atoms with Crippen molar-refractivity contribution in [3.8, 4) is 0 Å². The lowest BCUT2D eigenvalue weighted by molar-refractivity contribution is 0.628. The maximum atomic E-state index is 12.7. The molecular formula is C11H12FN5. The number of rotatable bonds is 3. The van der Waals surface area contributed by atoms with Gasteiger partial charge in [-0.25, -0.2) is 20.2 Å². The van der Waals surface area contributed by atoms with Crippen LogP contribution in [0.1, 0.15) is 5.82 Å². The normalized spacial score (nSPS) is 10.1. The van der Waals surface area contributed by atoms with Gasteiger partial charge in [0.15, 0.2) is 0 Å². The maximum absolute atomic E-state index is 12.7. The van der Waals surface area contributed by atoms with Gasteiger partial charge < -0.3 is 10.7 Å². The van der Waals surface area contributed by atoms with Crippen LogP contribution >= 0.6 is 0 Å². The summed E-state index contributed by atoms with van der Waals surface area (Å²) in [7, 11) is 0. The molecule has 4 N–H and O–H groups in total. The van der Waals surface area contributed by atoms with Gasteiger partial charge in [-0.2, -0.15) is 0 Å². The Balaban J connectivity index is 2.23. The fourth-order valence-corrected chi connectivity index (χ4v) is 1.39. The van der Waals surface area contributed by atoms with Gasteiger partial charge in [0.25, 0.3) is 0 Å². The van der Waals surface area contributed by atoms with Crippen molar-refractivity contribution in [2.75, 3.05) is 10.7 Å². The summed E-state index contributed by atoms with van der Waals surface area (Å²) >= 11 is 0. The lowest BCUT2D eigenvalue weighted by Gasteiger charge is -2.08. The highest BCUT2D eigenvalue weighted by Gasteiger charge is 2.01. The molecule has 0 unspecified atom stereocenters. The Bertz CT molecular complexity index is 512. The van der Waals surface area contributed by atoms with Gasteiger partial charge in [-0.1, -0.05) is 0 Å². The van der Waals surface area contributed by atoms with Crippen molar-refractivity contribution in [3.63, 3.8) is 0 Å². The van der Waals surface area contributed by atoms with Crippen LogP contribution in [0.3, 0.4) is 0 Å². The van der Waals surface area contributed by atoms with E-state index in [9.17, 15) is 4.39 Å². The number of benzene rings is 1. The van der Waals surface area contributed by atoms with Gasteiger partial charge in [0, 0.05) is 11.8 Å². The molecule has 0 aliphatic rings. The fourth-order valence-electron chi connectivity index (χ4n) is 1.39. The second-order valence-corrected chi connectivity index (χ2v) is 3.46. The van der Waals surface area contributed by atoms with Crippen molar-refractivity contribution in [2.24, 2.45) is 5.84 Å². The third-order valence-electron chi connectivity index (χ3n) is 2.10. The van der Waals surface area contributed by atoms with E-state index in [-0.39, 0.29) is 5.82 Å². The second-order valence-electron chi connectivity index (χ2n) is 3.46. The molecule has 0 atom stereocenters. The second kappa shape index (κ2) is 4.75. The molecule has 1 heterocycles. The zero-order valence-corrected chi connectivity index (χ0v) is 9.24. The van der Waals surface area contributed by atoms with Gasteiger partial charge in [0.2, 0.25) is 0 Å². The molecule has 0 amide bonds.